The van der Waals surface area contributed by atoms with Crippen LogP contribution in [0.3, 0.4) is 0 Å². The minimum Gasteiger partial charge on any atom is -0.396 e. The van der Waals surface area contributed by atoms with Crippen molar-refractivity contribution in [1.29, 1.82) is 0 Å². The molecule has 3 rings (SSSR count). The topological polar surface area (TPSA) is 98.7 Å². The Balaban J connectivity index is 1.67. The lowest BCUT2D eigenvalue weighted by molar-refractivity contribution is -0.139. The van der Waals surface area contributed by atoms with Crippen LogP contribution in [0.4, 0.5) is 5.95 Å². The molecule has 148 valence electrons. The zero-order chi connectivity index (χ0) is 19.3. The van der Waals surface area contributed by atoms with Gasteiger partial charge in [-0.15, -0.1) is 0 Å². The van der Waals surface area contributed by atoms with E-state index in [9.17, 15) is 9.59 Å². The summed E-state index contributed by atoms with van der Waals surface area (Å²) in [6.07, 6.45) is 7.05. The number of carbonyl (C=O) groups is 2. The summed E-state index contributed by atoms with van der Waals surface area (Å²) in [4.78, 5) is 37.3. The van der Waals surface area contributed by atoms with Gasteiger partial charge in [0.2, 0.25) is 11.9 Å². The molecule has 1 aromatic heterocycles. The normalized spacial score (nSPS) is 23.0. The summed E-state index contributed by atoms with van der Waals surface area (Å²) >= 11 is 0. The monoisotopic (exact) mass is 375 g/mol. The SMILES string of the molecule is CCNc1ncc(C(=O)N2CCC[C@]3(CCC(=O)N(CCCO)C3)C2)cn1. The van der Waals surface area contributed by atoms with Gasteiger partial charge in [-0.2, -0.15) is 0 Å². The van der Waals surface area contributed by atoms with E-state index >= 15 is 0 Å². The number of aliphatic hydroxyl groups excluding tert-OH is 1. The molecule has 2 fully saturated rings. The Hall–Kier alpha value is -2.22. The number of amides is 2. The first kappa shape index (κ1) is 19.5. The summed E-state index contributed by atoms with van der Waals surface area (Å²) in [6.45, 7) is 5.42. The Morgan fingerprint density at radius 2 is 2.07 bits per heavy atom. The van der Waals surface area contributed by atoms with Gasteiger partial charge in [0.05, 0.1) is 5.56 Å². The molecule has 0 aliphatic carbocycles. The van der Waals surface area contributed by atoms with E-state index in [0.717, 1.165) is 32.4 Å². The first-order valence-electron chi connectivity index (χ1n) is 9.81. The maximum Gasteiger partial charge on any atom is 0.257 e. The van der Waals surface area contributed by atoms with E-state index in [1.54, 1.807) is 12.4 Å². The van der Waals surface area contributed by atoms with Gasteiger partial charge in [-0.1, -0.05) is 0 Å². The average molecular weight is 375 g/mol. The van der Waals surface area contributed by atoms with Crippen molar-refractivity contribution < 1.29 is 14.7 Å². The fourth-order valence-electron chi connectivity index (χ4n) is 4.15. The smallest absolute Gasteiger partial charge is 0.257 e. The quantitative estimate of drug-likeness (QED) is 0.774. The van der Waals surface area contributed by atoms with Crippen molar-refractivity contribution in [3.05, 3.63) is 18.0 Å². The van der Waals surface area contributed by atoms with Gasteiger partial charge < -0.3 is 20.2 Å². The van der Waals surface area contributed by atoms with Crippen LogP contribution in [0, 0.1) is 5.41 Å². The predicted octanol–water partition coefficient (Wildman–Crippen LogP) is 1.14. The lowest BCUT2D eigenvalue weighted by atomic mass is 9.73. The van der Waals surface area contributed by atoms with Crippen molar-refractivity contribution in [2.45, 2.75) is 39.0 Å². The van der Waals surface area contributed by atoms with Crippen LogP contribution < -0.4 is 5.32 Å². The van der Waals surface area contributed by atoms with Crippen molar-refractivity contribution in [1.82, 2.24) is 19.8 Å². The Labute approximate surface area is 160 Å². The second-order valence-corrected chi connectivity index (χ2v) is 7.55. The van der Waals surface area contributed by atoms with Crippen LogP contribution in [0.25, 0.3) is 0 Å². The summed E-state index contributed by atoms with van der Waals surface area (Å²) in [5, 5.41) is 12.1. The van der Waals surface area contributed by atoms with Crippen LogP contribution in [-0.4, -0.2) is 76.0 Å². The first-order valence-corrected chi connectivity index (χ1v) is 9.81. The zero-order valence-corrected chi connectivity index (χ0v) is 16.0. The lowest BCUT2D eigenvalue weighted by Gasteiger charge is -2.48. The Morgan fingerprint density at radius 1 is 1.30 bits per heavy atom. The van der Waals surface area contributed by atoms with E-state index in [-0.39, 0.29) is 23.8 Å². The number of rotatable bonds is 6. The van der Waals surface area contributed by atoms with Gasteiger partial charge in [0, 0.05) is 63.6 Å². The van der Waals surface area contributed by atoms with Crippen LogP contribution in [-0.2, 0) is 4.79 Å². The molecule has 2 aliphatic rings. The number of nitrogens with one attached hydrogen (secondary N) is 1. The number of aromatic nitrogens is 2. The molecule has 2 saturated heterocycles. The molecule has 8 heteroatoms. The van der Waals surface area contributed by atoms with Gasteiger partial charge in [0.1, 0.15) is 0 Å². The van der Waals surface area contributed by atoms with Crippen LogP contribution in [0.5, 0.6) is 0 Å². The number of anilines is 1. The number of piperidine rings is 2. The van der Waals surface area contributed by atoms with E-state index in [1.165, 1.54) is 0 Å². The standard InChI is InChI=1S/C19H29N5O3/c1-2-20-18-21-11-15(12-22-18)17(27)24-8-3-6-19(14-24)7-5-16(26)23(13-19)9-4-10-25/h11-12,25H,2-10,13-14H2,1H3,(H,20,21,22)/t19-/m1/s1. The molecule has 1 atom stereocenters. The average Bonchev–Trinajstić information content (AvgIpc) is 2.69. The third-order valence-corrected chi connectivity index (χ3v) is 5.52. The molecular formula is C19H29N5O3. The molecule has 1 spiro atoms. The molecule has 27 heavy (non-hydrogen) atoms. The molecule has 8 nitrogen and oxygen atoms in total. The fraction of sp³-hybridized carbons (Fsp3) is 0.684. The molecule has 0 radical (unpaired) electrons. The number of likely N-dealkylation sites (tertiary alicyclic amines) is 2. The molecule has 0 saturated carbocycles. The minimum absolute atomic E-state index is 0.0398. The highest BCUT2D eigenvalue weighted by molar-refractivity contribution is 5.93. The van der Waals surface area contributed by atoms with Gasteiger partial charge in [-0.3, -0.25) is 9.59 Å². The van der Waals surface area contributed by atoms with Gasteiger partial charge in [0.15, 0.2) is 0 Å². The molecule has 3 heterocycles. The molecule has 2 aliphatic heterocycles. The molecular weight excluding hydrogens is 346 g/mol. The number of carbonyl (C=O) groups excluding carboxylic acids is 2. The van der Waals surface area contributed by atoms with E-state index in [0.29, 0.717) is 44.0 Å². The van der Waals surface area contributed by atoms with E-state index < -0.39 is 0 Å². The van der Waals surface area contributed by atoms with Crippen molar-refractivity contribution in [2.75, 3.05) is 44.6 Å². The third-order valence-electron chi connectivity index (χ3n) is 5.52. The second kappa shape index (κ2) is 8.65. The second-order valence-electron chi connectivity index (χ2n) is 7.55. The number of hydrogen-bond donors (Lipinski definition) is 2. The highest BCUT2D eigenvalue weighted by Crippen LogP contribution is 2.39. The van der Waals surface area contributed by atoms with E-state index in [4.69, 9.17) is 5.11 Å². The van der Waals surface area contributed by atoms with E-state index in [2.05, 4.69) is 15.3 Å². The summed E-state index contributed by atoms with van der Waals surface area (Å²) in [7, 11) is 0. The Bertz CT molecular complexity index is 666. The van der Waals surface area contributed by atoms with Gasteiger partial charge in [0.25, 0.3) is 5.91 Å². The van der Waals surface area contributed by atoms with Crippen molar-refractivity contribution in [3.63, 3.8) is 0 Å². The largest absolute Gasteiger partial charge is 0.396 e. The molecule has 1 aromatic rings. The van der Waals surface area contributed by atoms with Gasteiger partial charge >= 0.3 is 0 Å². The summed E-state index contributed by atoms with van der Waals surface area (Å²) in [6, 6.07) is 0. The summed E-state index contributed by atoms with van der Waals surface area (Å²) in [5.74, 6) is 0.635. The van der Waals surface area contributed by atoms with Crippen molar-refractivity contribution in [3.8, 4) is 0 Å². The first-order chi connectivity index (χ1) is 13.1. The molecule has 2 amide bonds. The van der Waals surface area contributed by atoms with Crippen molar-refractivity contribution >= 4 is 17.8 Å². The maximum atomic E-state index is 12.9. The highest BCUT2D eigenvalue weighted by Gasteiger charge is 2.42. The van der Waals surface area contributed by atoms with Crippen LogP contribution in [0.1, 0.15) is 49.4 Å². The highest BCUT2D eigenvalue weighted by atomic mass is 16.3. The van der Waals surface area contributed by atoms with Gasteiger partial charge in [-0.05, 0) is 32.6 Å². The van der Waals surface area contributed by atoms with E-state index in [1.807, 2.05) is 16.7 Å². The summed E-state index contributed by atoms with van der Waals surface area (Å²) in [5.41, 5.74) is 0.458. The van der Waals surface area contributed by atoms with Crippen LogP contribution in [0.2, 0.25) is 0 Å². The number of hydrogen-bond acceptors (Lipinski definition) is 6. The number of aliphatic hydroxyl groups is 1. The lowest BCUT2D eigenvalue weighted by Crippen LogP contribution is -2.55. The van der Waals surface area contributed by atoms with Crippen LogP contribution in [0.15, 0.2) is 12.4 Å². The molecule has 0 bridgehead atoms. The maximum absolute atomic E-state index is 12.9. The minimum atomic E-state index is -0.0454. The molecule has 0 aromatic carbocycles. The number of nitrogens with zero attached hydrogens (tertiary/aromatic N) is 4. The predicted molar refractivity (Wildman–Crippen MR) is 101 cm³/mol. The molecule has 2 N–H and O–H groups in total. The zero-order valence-electron chi connectivity index (χ0n) is 16.0. The molecule has 0 unspecified atom stereocenters. The third kappa shape index (κ3) is 4.55. The van der Waals surface area contributed by atoms with Gasteiger partial charge in [-0.25, -0.2) is 9.97 Å². The fourth-order valence-corrected chi connectivity index (χ4v) is 4.15. The van der Waals surface area contributed by atoms with Crippen LogP contribution >= 0.6 is 0 Å². The van der Waals surface area contributed by atoms with Crippen molar-refractivity contribution in [2.24, 2.45) is 5.41 Å². The Morgan fingerprint density at radius 3 is 2.78 bits per heavy atom. The summed E-state index contributed by atoms with van der Waals surface area (Å²) < 4.78 is 0. The Kier molecular flexibility index (Phi) is 6.26.